The number of hydrogen-bond acceptors (Lipinski definition) is 3. The minimum absolute atomic E-state index is 0.0507. The van der Waals surface area contributed by atoms with E-state index < -0.39 is 5.41 Å². The van der Waals surface area contributed by atoms with Gasteiger partial charge in [-0.3, -0.25) is 9.59 Å². The fourth-order valence-corrected chi connectivity index (χ4v) is 1.30. The Kier molecular flexibility index (Phi) is 5.95. The molecule has 0 radical (unpaired) electrons. The lowest BCUT2D eigenvalue weighted by Crippen LogP contribution is -2.49. The molecule has 0 saturated heterocycles. The molecule has 0 rings (SSSR count). The average Bonchev–Trinajstić information content (AvgIpc) is 2.24. The van der Waals surface area contributed by atoms with Gasteiger partial charge in [0.15, 0.2) is 0 Å². The second-order valence-electron chi connectivity index (χ2n) is 3.69. The summed E-state index contributed by atoms with van der Waals surface area (Å²) in [7, 11) is 0. The van der Waals surface area contributed by atoms with E-state index in [4.69, 9.17) is 18.0 Å². The maximum absolute atomic E-state index is 11.8. The number of nitrogens with two attached hydrogens (primary N) is 1. The van der Waals surface area contributed by atoms with E-state index in [1.807, 2.05) is 13.8 Å². The SMILES string of the molecule is CCNC(=O)CNC(=O)C(C)(CC)C(N)=S. The molecule has 0 heterocycles. The third-order valence-corrected chi connectivity index (χ3v) is 2.99. The highest BCUT2D eigenvalue weighted by atomic mass is 32.1. The van der Waals surface area contributed by atoms with Gasteiger partial charge in [0.2, 0.25) is 11.8 Å². The standard InChI is InChI=1S/C10H19N3O2S/c1-4-10(3,8(11)16)9(15)13-6-7(14)12-5-2/h4-6H2,1-3H3,(H2,11,16)(H,12,14)(H,13,15). The van der Waals surface area contributed by atoms with Crippen LogP contribution in [0.4, 0.5) is 0 Å². The number of thiocarbonyl (C=S) groups is 1. The van der Waals surface area contributed by atoms with E-state index in [2.05, 4.69) is 10.6 Å². The quantitative estimate of drug-likeness (QED) is 0.572. The Morgan fingerprint density at radius 1 is 1.31 bits per heavy atom. The van der Waals surface area contributed by atoms with Crippen LogP contribution in [0.2, 0.25) is 0 Å². The monoisotopic (exact) mass is 245 g/mol. The van der Waals surface area contributed by atoms with Crippen LogP contribution in [0.25, 0.3) is 0 Å². The van der Waals surface area contributed by atoms with Gasteiger partial charge in [0, 0.05) is 6.54 Å². The zero-order valence-corrected chi connectivity index (χ0v) is 10.7. The molecule has 92 valence electrons. The smallest absolute Gasteiger partial charge is 0.239 e. The van der Waals surface area contributed by atoms with Crippen LogP contribution in [0.15, 0.2) is 0 Å². The summed E-state index contributed by atoms with van der Waals surface area (Å²) in [5.74, 6) is -0.536. The van der Waals surface area contributed by atoms with Gasteiger partial charge in [0.1, 0.15) is 0 Å². The molecular weight excluding hydrogens is 226 g/mol. The second kappa shape index (κ2) is 6.42. The summed E-state index contributed by atoms with van der Waals surface area (Å²) < 4.78 is 0. The molecule has 5 nitrogen and oxygen atoms in total. The van der Waals surface area contributed by atoms with Crippen LogP contribution >= 0.6 is 12.2 Å². The molecule has 1 atom stereocenters. The largest absolute Gasteiger partial charge is 0.392 e. The van der Waals surface area contributed by atoms with Crippen LogP contribution in [0.5, 0.6) is 0 Å². The van der Waals surface area contributed by atoms with Crippen molar-refractivity contribution in [2.45, 2.75) is 27.2 Å². The van der Waals surface area contributed by atoms with Crippen LogP contribution in [0.1, 0.15) is 27.2 Å². The van der Waals surface area contributed by atoms with Gasteiger partial charge in [-0.05, 0) is 20.3 Å². The van der Waals surface area contributed by atoms with Crippen molar-refractivity contribution in [1.82, 2.24) is 10.6 Å². The Morgan fingerprint density at radius 3 is 2.25 bits per heavy atom. The number of nitrogens with one attached hydrogen (secondary N) is 2. The highest BCUT2D eigenvalue weighted by Crippen LogP contribution is 2.21. The predicted molar refractivity (Wildman–Crippen MR) is 66.9 cm³/mol. The number of carbonyl (C=O) groups is 2. The molecule has 0 aliphatic carbocycles. The molecule has 2 amide bonds. The van der Waals surface area contributed by atoms with Crippen molar-refractivity contribution in [2.24, 2.45) is 11.1 Å². The molecule has 4 N–H and O–H groups in total. The number of amides is 2. The van der Waals surface area contributed by atoms with Crippen LogP contribution in [-0.2, 0) is 9.59 Å². The van der Waals surface area contributed by atoms with Crippen molar-refractivity contribution in [2.75, 3.05) is 13.1 Å². The van der Waals surface area contributed by atoms with Crippen molar-refractivity contribution in [1.29, 1.82) is 0 Å². The highest BCUT2D eigenvalue weighted by Gasteiger charge is 2.34. The molecule has 0 aromatic rings. The second-order valence-corrected chi connectivity index (χ2v) is 4.13. The normalized spacial score (nSPS) is 13.7. The minimum Gasteiger partial charge on any atom is -0.392 e. The zero-order chi connectivity index (χ0) is 12.8. The topological polar surface area (TPSA) is 84.2 Å². The maximum atomic E-state index is 11.8. The number of carbonyl (C=O) groups excluding carboxylic acids is 2. The Labute approximate surface area is 101 Å². The van der Waals surface area contributed by atoms with Crippen molar-refractivity contribution >= 4 is 29.0 Å². The lowest BCUT2D eigenvalue weighted by Gasteiger charge is -2.25. The molecule has 16 heavy (non-hydrogen) atoms. The molecule has 0 aliphatic heterocycles. The summed E-state index contributed by atoms with van der Waals surface area (Å²) in [6.07, 6.45) is 0.504. The fraction of sp³-hybridized carbons (Fsp3) is 0.700. The molecule has 0 aliphatic rings. The van der Waals surface area contributed by atoms with E-state index >= 15 is 0 Å². The van der Waals surface area contributed by atoms with Gasteiger partial charge < -0.3 is 16.4 Å². The Balaban J connectivity index is 4.34. The molecular formula is C10H19N3O2S. The van der Waals surface area contributed by atoms with E-state index in [1.165, 1.54) is 0 Å². The summed E-state index contributed by atoms with van der Waals surface area (Å²) in [5.41, 5.74) is 4.63. The summed E-state index contributed by atoms with van der Waals surface area (Å²) in [6.45, 7) is 5.79. The van der Waals surface area contributed by atoms with Crippen LogP contribution < -0.4 is 16.4 Å². The molecule has 6 heteroatoms. The van der Waals surface area contributed by atoms with Crippen LogP contribution in [0.3, 0.4) is 0 Å². The van der Waals surface area contributed by atoms with Crippen molar-refractivity contribution < 1.29 is 9.59 Å². The van der Waals surface area contributed by atoms with Gasteiger partial charge in [0.25, 0.3) is 0 Å². The summed E-state index contributed by atoms with van der Waals surface area (Å²) in [6, 6.07) is 0. The molecule has 0 spiro atoms. The fourth-order valence-electron chi connectivity index (χ4n) is 1.06. The van der Waals surface area contributed by atoms with E-state index in [1.54, 1.807) is 6.92 Å². The Bertz CT molecular complexity index is 294. The molecule has 0 fully saturated rings. The third-order valence-electron chi connectivity index (χ3n) is 2.54. The Morgan fingerprint density at radius 2 is 1.88 bits per heavy atom. The van der Waals surface area contributed by atoms with Crippen molar-refractivity contribution in [3.63, 3.8) is 0 Å². The molecule has 0 aromatic carbocycles. The first-order valence-electron chi connectivity index (χ1n) is 5.23. The zero-order valence-electron chi connectivity index (χ0n) is 9.92. The first-order valence-corrected chi connectivity index (χ1v) is 5.64. The van der Waals surface area contributed by atoms with Gasteiger partial charge in [-0.25, -0.2) is 0 Å². The van der Waals surface area contributed by atoms with Crippen LogP contribution in [0, 0.1) is 5.41 Å². The summed E-state index contributed by atoms with van der Waals surface area (Å²) >= 11 is 4.85. The Hall–Kier alpha value is -1.17. The predicted octanol–water partition coefficient (Wildman–Crippen LogP) is -0.0589. The van der Waals surface area contributed by atoms with Gasteiger partial charge >= 0.3 is 0 Å². The maximum Gasteiger partial charge on any atom is 0.239 e. The summed E-state index contributed by atoms with van der Waals surface area (Å²) in [5, 5.41) is 5.10. The molecule has 0 saturated carbocycles. The van der Waals surface area contributed by atoms with E-state index in [0.29, 0.717) is 13.0 Å². The van der Waals surface area contributed by atoms with Crippen LogP contribution in [-0.4, -0.2) is 29.9 Å². The summed E-state index contributed by atoms with van der Waals surface area (Å²) in [4.78, 5) is 23.1. The highest BCUT2D eigenvalue weighted by molar-refractivity contribution is 7.80. The van der Waals surface area contributed by atoms with Gasteiger partial charge in [-0.2, -0.15) is 0 Å². The van der Waals surface area contributed by atoms with Gasteiger partial charge in [0.05, 0.1) is 16.9 Å². The average molecular weight is 245 g/mol. The minimum atomic E-state index is -0.887. The molecule has 1 unspecified atom stereocenters. The number of rotatable bonds is 6. The number of hydrogen-bond donors (Lipinski definition) is 3. The third kappa shape index (κ3) is 3.77. The van der Waals surface area contributed by atoms with Gasteiger partial charge in [-0.1, -0.05) is 19.1 Å². The lowest BCUT2D eigenvalue weighted by molar-refractivity contribution is -0.130. The first-order chi connectivity index (χ1) is 7.38. The first kappa shape index (κ1) is 14.8. The van der Waals surface area contributed by atoms with E-state index in [-0.39, 0.29) is 23.3 Å². The molecule has 0 bridgehead atoms. The van der Waals surface area contributed by atoms with E-state index in [0.717, 1.165) is 0 Å². The molecule has 0 aromatic heterocycles. The van der Waals surface area contributed by atoms with Gasteiger partial charge in [-0.15, -0.1) is 0 Å². The number of likely N-dealkylation sites (N-methyl/N-ethyl adjacent to an activating group) is 1. The lowest BCUT2D eigenvalue weighted by atomic mass is 9.86. The van der Waals surface area contributed by atoms with Crippen molar-refractivity contribution in [3.05, 3.63) is 0 Å². The van der Waals surface area contributed by atoms with E-state index in [9.17, 15) is 9.59 Å². The van der Waals surface area contributed by atoms with Crippen molar-refractivity contribution in [3.8, 4) is 0 Å².